The number of rotatable bonds is 9. The molecular formula is C32H32FO3S+. The lowest BCUT2D eigenvalue weighted by Crippen LogP contribution is -2.28. The van der Waals surface area contributed by atoms with Gasteiger partial charge in [-0.25, -0.2) is 9.18 Å². The zero-order chi connectivity index (χ0) is 26.4. The predicted octanol–water partition coefficient (Wildman–Crippen LogP) is 7.90. The van der Waals surface area contributed by atoms with Crippen molar-refractivity contribution in [2.24, 2.45) is 0 Å². The van der Waals surface area contributed by atoms with E-state index < -0.39 is 28.3 Å². The summed E-state index contributed by atoms with van der Waals surface area (Å²) in [4.78, 5) is 15.6. The Morgan fingerprint density at radius 2 is 1.38 bits per heavy atom. The fourth-order valence-electron chi connectivity index (χ4n) is 4.03. The van der Waals surface area contributed by atoms with E-state index in [4.69, 9.17) is 9.47 Å². The fraction of sp³-hybridized carbons (Fsp3) is 0.219. The molecule has 0 aliphatic rings. The maximum Gasteiger partial charge on any atom is 0.345 e. The summed E-state index contributed by atoms with van der Waals surface area (Å²) in [6.45, 7) is 7.55. The Kier molecular flexibility index (Phi) is 8.34. The maximum atomic E-state index is 15.1. The molecule has 4 aromatic carbocycles. The molecule has 0 heterocycles. The van der Waals surface area contributed by atoms with Gasteiger partial charge in [0.15, 0.2) is 32.9 Å². The number of benzene rings is 4. The molecule has 0 amide bonds. The lowest BCUT2D eigenvalue weighted by atomic mass is 9.94. The summed E-state index contributed by atoms with van der Waals surface area (Å²) in [5.41, 5.74) is 1.27. The first kappa shape index (κ1) is 26.5. The van der Waals surface area contributed by atoms with Gasteiger partial charge in [-0.05, 0) is 67.3 Å². The number of hydrogen-bond acceptors (Lipinski definition) is 3. The second-order valence-corrected chi connectivity index (χ2v) is 11.6. The van der Waals surface area contributed by atoms with Crippen LogP contribution in [-0.2, 0) is 26.0 Å². The van der Waals surface area contributed by atoms with E-state index in [-0.39, 0.29) is 12.4 Å². The standard InChI is InChI=1S/C32H32FO3S/c1-23(2)24-15-17-25(18-16-24)32(3,4)36-31(34)22-35-30-20-19-28(21-29(30)33)37(26-11-7-5-8-12-26)27-13-9-6-10-14-27/h5-21,23H,22H2,1-4H3/q+1. The van der Waals surface area contributed by atoms with Crippen molar-refractivity contribution in [2.45, 2.75) is 53.9 Å². The van der Waals surface area contributed by atoms with E-state index >= 15 is 4.39 Å². The van der Waals surface area contributed by atoms with Crippen molar-refractivity contribution in [3.8, 4) is 5.75 Å². The van der Waals surface area contributed by atoms with Crippen LogP contribution in [0.1, 0.15) is 44.7 Å². The topological polar surface area (TPSA) is 35.5 Å². The van der Waals surface area contributed by atoms with Crippen molar-refractivity contribution in [3.63, 3.8) is 0 Å². The van der Waals surface area contributed by atoms with Crippen LogP contribution in [0.15, 0.2) is 118 Å². The van der Waals surface area contributed by atoms with E-state index in [1.165, 1.54) is 11.6 Å². The van der Waals surface area contributed by atoms with Gasteiger partial charge in [-0.3, -0.25) is 0 Å². The summed E-state index contributed by atoms with van der Waals surface area (Å²) in [6.07, 6.45) is 0. The Balaban J connectivity index is 1.45. The Hall–Kier alpha value is -3.57. The Bertz CT molecular complexity index is 1280. The molecule has 0 radical (unpaired) electrons. The smallest absolute Gasteiger partial charge is 0.345 e. The highest BCUT2D eigenvalue weighted by Crippen LogP contribution is 2.33. The van der Waals surface area contributed by atoms with E-state index in [1.54, 1.807) is 6.07 Å². The quantitative estimate of drug-likeness (QED) is 0.168. The normalized spacial score (nSPS) is 11.5. The van der Waals surface area contributed by atoms with E-state index in [0.29, 0.717) is 5.92 Å². The molecule has 0 N–H and O–H groups in total. The van der Waals surface area contributed by atoms with Gasteiger partial charge in [0.25, 0.3) is 0 Å². The number of carbonyl (C=O) groups excluding carboxylic acids is 1. The van der Waals surface area contributed by atoms with Crippen molar-refractivity contribution in [1.29, 1.82) is 0 Å². The molecule has 0 unspecified atom stereocenters. The Labute approximate surface area is 221 Å². The number of halogens is 1. The zero-order valence-electron chi connectivity index (χ0n) is 21.6. The van der Waals surface area contributed by atoms with Crippen LogP contribution in [0, 0.1) is 5.82 Å². The molecule has 190 valence electrons. The van der Waals surface area contributed by atoms with Gasteiger partial charge in [0.05, 0.1) is 10.9 Å². The van der Waals surface area contributed by atoms with Crippen molar-refractivity contribution in [3.05, 3.63) is 120 Å². The number of carbonyl (C=O) groups is 1. The van der Waals surface area contributed by atoms with E-state index in [9.17, 15) is 4.79 Å². The number of esters is 1. The first-order chi connectivity index (χ1) is 17.7. The minimum Gasteiger partial charge on any atom is -0.479 e. The van der Waals surface area contributed by atoms with Gasteiger partial charge >= 0.3 is 5.97 Å². The lowest BCUT2D eigenvalue weighted by Gasteiger charge is -2.26. The molecule has 0 aliphatic heterocycles. The van der Waals surface area contributed by atoms with Gasteiger partial charge in [0.2, 0.25) is 0 Å². The molecule has 37 heavy (non-hydrogen) atoms. The van der Waals surface area contributed by atoms with Crippen LogP contribution in [0.3, 0.4) is 0 Å². The van der Waals surface area contributed by atoms with Crippen LogP contribution >= 0.6 is 0 Å². The highest BCUT2D eigenvalue weighted by atomic mass is 32.2. The lowest BCUT2D eigenvalue weighted by molar-refractivity contribution is -0.159. The van der Waals surface area contributed by atoms with Gasteiger partial charge in [0, 0.05) is 6.07 Å². The molecule has 0 atom stereocenters. The molecule has 4 rings (SSSR count). The maximum absolute atomic E-state index is 15.1. The molecular weight excluding hydrogens is 483 g/mol. The summed E-state index contributed by atoms with van der Waals surface area (Å²) in [5.74, 6) is -0.636. The highest BCUT2D eigenvalue weighted by molar-refractivity contribution is 7.97. The zero-order valence-corrected chi connectivity index (χ0v) is 22.4. The van der Waals surface area contributed by atoms with Crippen LogP contribution in [-0.4, -0.2) is 12.6 Å². The number of ether oxygens (including phenoxy) is 2. The average Bonchev–Trinajstić information content (AvgIpc) is 2.89. The molecule has 0 saturated heterocycles. The number of hydrogen-bond donors (Lipinski definition) is 0. The molecule has 4 aromatic rings. The summed E-state index contributed by atoms with van der Waals surface area (Å²) < 4.78 is 26.3. The minimum atomic E-state index is -0.835. The summed E-state index contributed by atoms with van der Waals surface area (Å²) >= 11 is 0. The second-order valence-electron chi connectivity index (χ2n) is 9.57. The van der Waals surface area contributed by atoms with Crippen molar-refractivity contribution >= 4 is 16.9 Å². The molecule has 0 aliphatic carbocycles. The Morgan fingerprint density at radius 1 is 0.811 bits per heavy atom. The monoisotopic (exact) mass is 515 g/mol. The SMILES string of the molecule is CC(C)c1ccc(C(C)(C)OC(=O)COc2ccc([S+](c3ccccc3)c3ccccc3)cc2F)cc1. The van der Waals surface area contributed by atoms with E-state index in [0.717, 1.165) is 20.2 Å². The van der Waals surface area contributed by atoms with Gasteiger partial charge in [0.1, 0.15) is 5.60 Å². The van der Waals surface area contributed by atoms with E-state index in [1.807, 2.05) is 105 Å². The molecule has 5 heteroatoms. The predicted molar refractivity (Wildman–Crippen MR) is 147 cm³/mol. The molecule has 3 nitrogen and oxygen atoms in total. The van der Waals surface area contributed by atoms with Crippen LogP contribution in [0.25, 0.3) is 0 Å². The third-order valence-corrected chi connectivity index (χ3v) is 8.30. The molecule has 0 spiro atoms. The van der Waals surface area contributed by atoms with Crippen LogP contribution < -0.4 is 4.74 Å². The molecule has 0 bridgehead atoms. The van der Waals surface area contributed by atoms with Crippen LogP contribution in [0.2, 0.25) is 0 Å². The highest BCUT2D eigenvalue weighted by Gasteiger charge is 2.30. The molecule has 0 saturated carbocycles. The molecule has 0 aromatic heterocycles. The van der Waals surface area contributed by atoms with Crippen LogP contribution in [0.4, 0.5) is 4.39 Å². The van der Waals surface area contributed by atoms with Crippen molar-refractivity contribution in [1.82, 2.24) is 0 Å². The summed E-state index contributed by atoms with van der Waals surface area (Å²) in [7, 11) is -0.473. The molecule has 0 fully saturated rings. The van der Waals surface area contributed by atoms with Crippen molar-refractivity contribution < 1.29 is 18.7 Å². The summed E-state index contributed by atoms with van der Waals surface area (Å²) in [5, 5.41) is 0. The average molecular weight is 516 g/mol. The minimum absolute atomic E-state index is 0.0180. The first-order valence-corrected chi connectivity index (χ1v) is 13.6. The van der Waals surface area contributed by atoms with Gasteiger partial charge in [-0.15, -0.1) is 0 Å². The van der Waals surface area contributed by atoms with E-state index in [2.05, 4.69) is 13.8 Å². The van der Waals surface area contributed by atoms with Gasteiger partial charge in [-0.2, -0.15) is 0 Å². The largest absolute Gasteiger partial charge is 0.479 e. The van der Waals surface area contributed by atoms with Gasteiger partial charge < -0.3 is 9.47 Å². The third-order valence-electron chi connectivity index (χ3n) is 6.08. The third kappa shape index (κ3) is 6.60. The van der Waals surface area contributed by atoms with Gasteiger partial charge in [-0.1, -0.05) is 74.5 Å². The Morgan fingerprint density at radius 3 is 1.89 bits per heavy atom. The second kappa shape index (κ2) is 11.7. The fourth-order valence-corrected chi connectivity index (χ4v) is 6.13. The van der Waals surface area contributed by atoms with Crippen LogP contribution in [0.5, 0.6) is 5.75 Å². The first-order valence-electron chi connectivity index (χ1n) is 12.3. The summed E-state index contributed by atoms with van der Waals surface area (Å²) in [6, 6.07) is 33.0. The van der Waals surface area contributed by atoms with Crippen molar-refractivity contribution in [2.75, 3.05) is 6.61 Å².